The van der Waals surface area contributed by atoms with Gasteiger partial charge in [0, 0.05) is 24.4 Å². The van der Waals surface area contributed by atoms with Crippen molar-refractivity contribution >= 4 is 11.6 Å². The minimum atomic E-state index is 0.0843. The van der Waals surface area contributed by atoms with Crippen LogP contribution in [0.1, 0.15) is 12.0 Å². The third-order valence-electron chi connectivity index (χ3n) is 1.17. The van der Waals surface area contributed by atoms with Crippen LogP contribution in [0.4, 0.5) is 0 Å². The number of hydrogen-bond donors (Lipinski definition) is 1. The Kier molecular flexibility index (Phi) is 3.59. The van der Waals surface area contributed by atoms with Gasteiger partial charge >= 0.3 is 0 Å². The molecule has 0 bridgehead atoms. The molecule has 0 fully saturated rings. The predicted molar refractivity (Wildman–Crippen MR) is 47.8 cm³/mol. The molecule has 1 aromatic heterocycles. The summed E-state index contributed by atoms with van der Waals surface area (Å²) in [6.45, 7) is 0.0843. The molecule has 1 N–H and O–H groups in total. The first-order valence-corrected chi connectivity index (χ1v) is 3.91. The van der Waals surface area contributed by atoms with Crippen molar-refractivity contribution in [3.05, 3.63) is 29.0 Å². The van der Waals surface area contributed by atoms with Crippen LogP contribution < -0.4 is 0 Å². The summed E-state index contributed by atoms with van der Waals surface area (Å²) in [6.07, 6.45) is 3.67. The summed E-state index contributed by atoms with van der Waals surface area (Å²) in [6, 6.07) is 1.74. The minimum absolute atomic E-state index is 0.0843. The summed E-state index contributed by atoms with van der Waals surface area (Å²) < 4.78 is 0. The van der Waals surface area contributed by atoms with Crippen molar-refractivity contribution in [2.75, 3.05) is 6.61 Å². The molecule has 0 saturated heterocycles. The first kappa shape index (κ1) is 9.05. The number of nitrogens with zero attached hydrogens (tertiary/aromatic N) is 1. The normalized spacial score (nSPS) is 8.83. The third-order valence-corrected chi connectivity index (χ3v) is 1.38. The Bertz CT molecular complexity index is 314. The third kappa shape index (κ3) is 2.91. The van der Waals surface area contributed by atoms with Crippen LogP contribution in [0.2, 0.25) is 5.02 Å². The van der Waals surface area contributed by atoms with Gasteiger partial charge in [-0.25, -0.2) is 0 Å². The molecule has 1 aromatic rings. The van der Waals surface area contributed by atoms with Crippen LogP contribution >= 0.6 is 11.6 Å². The van der Waals surface area contributed by atoms with Gasteiger partial charge in [0.1, 0.15) is 0 Å². The van der Waals surface area contributed by atoms with Crippen LogP contribution in [0.5, 0.6) is 0 Å². The summed E-state index contributed by atoms with van der Waals surface area (Å²) >= 11 is 5.68. The molecule has 2 nitrogen and oxygen atoms in total. The van der Waals surface area contributed by atoms with Gasteiger partial charge in [0.25, 0.3) is 0 Å². The van der Waals surface area contributed by atoms with Crippen LogP contribution in [0.25, 0.3) is 0 Å². The number of aliphatic hydroxyl groups is 1. The van der Waals surface area contributed by atoms with E-state index in [-0.39, 0.29) is 6.61 Å². The first-order chi connectivity index (χ1) is 5.83. The topological polar surface area (TPSA) is 33.1 Å². The molecule has 0 amide bonds. The molecular weight excluding hydrogens is 174 g/mol. The van der Waals surface area contributed by atoms with Gasteiger partial charge in [-0.3, -0.25) is 4.98 Å². The van der Waals surface area contributed by atoms with Gasteiger partial charge in [-0.15, -0.1) is 0 Å². The summed E-state index contributed by atoms with van der Waals surface area (Å²) in [4.78, 5) is 3.87. The maximum absolute atomic E-state index is 8.45. The first-order valence-electron chi connectivity index (χ1n) is 3.53. The van der Waals surface area contributed by atoms with Gasteiger partial charge in [-0.2, -0.15) is 0 Å². The second kappa shape index (κ2) is 4.76. The molecule has 0 aliphatic carbocycles. The Morgan fingerprint density at radius 1 is 1.50 bits per heavy atom. The van der Waals surface area contributed by atoms with Crippen LogP contribution in [0.3, 0.4) is 0 Å². The molecule has 1 heterocycles. The number of pyridine rings is 1. The lowest BCUT2D eigenvalue weighted by atomic mass is 10.3. The molecule has 0 aliphatic rings. The standard InChI is InChI=1S/C9H8ClNO/c10-9-5-8(6-11-7-9)3-1-2-4-12/h5-7,12H,2,4H2. The highest BCUT2D eigenvalue weighted by atomic mass is 35.5. The smallest absolute Gasteiger partial charge is 0.0601 e. The molecule has 12 heavy (non-hydrogen) atoms. The Balaban J connectivity index is 2.71. The Labute approximate surface area is 76.2 Å². The maximum atomic E-state index is 8.45. The van der Waals surface area contributed by atoms with Gasteiger partial charge in [-0.1, -0.05) is 23.4 Å². The quantitative estimate of drug-likeness (QED) is 0.666. The number of rotatable bonds is 1. The molecule has 1 rings (SSSR count). The van der Waals surface area contributed by atoms with E-state index in [0.717, 1.165) is 5.56 Å². The molecule has 0 aromatic carbocycles. The number of aromatic nitrogens is 1. The van der Waals surface area contributed by atoms with Gasteiger partial charge in [-0.05, 0) is 6.07 Å². The van der Waals surface area contributed by atoms with Crippen molar-refractivity contribution in [1.29, 1.82) is 0 Å². The summed E-state index contributed by atoms with van der Waals surface area (Å²) in [5.41, 5.74) is 0.774. The highest BCUT2D eigenvalue weighted by Crippen LogP contribution is 2.06. The average molecular weight is 182 g/mol. The average Bonchev–Trinajstić information content (AvgIpc) is 2.05. The van der Waals surface area contributed by atoms with Crippen molar-refractivity contribution in [2.45, 2.75) is 6.42 Å². The van der Waals surface area contributed by atoms with Crippen molar-refractivity contribution in [3.8, 4) is 11.8 Å². The van der Waals surface area contributed by atoms with Crippen molar-refractivity contribution in [1.82, 2.24) is 4.98 Å². The lowest BCUT2D eigenvalue weighted by Gasteiger charge is -1.89. The molecule has 0 spiro atoms. The molecule has 62 valence electrons. The summed E-state index contributed by atoms with van der Waals surface area (Å²) in [5.74, 6) is 5.61. The van der Waals surface area contributed by atoms with E-state index in [4.69, 9.17) is 16.7 Å². The summed E-state index contributed by atoms with van der Waals surface area (Å²) in [5, 5.41) is 9.03. The maximum Gasteiger partial charge on any atom is 0.0601 e. The fourth-order valence-corrected chi connectivity index (χ4v) is 0.875. The van der Waals surface area contributed by atoms with Crippen LogP contribution in [0, 0.1) is 11.8 Å². The van der Waals surface area contributed by atoms with E-state index in [9.17, 15) is 0 Å². The Hall–Kier alpha value is -1.04. The van der Waals surface area contributed by atoms with Gasteiger partial charge in [0.05, 0.1) is 11.6 Å². The highest BCUT2D eigenvalue weighted by Gasteiger charge is 1.88. The molecular formula is C9H8ClNO. The largest absolute Gasteiger partial charge is 0.395 e. The number of hydrogen-bond acceptors (Lipinski definition) is 2. The Morgan fingerprint density at radius 3 is 3.00 bits per heavy atom. The fraction of sp³-hybridized carbons (Fsp3) is 0.222. The molecule has 0 aliphatic heterocycles. The zero-order chi connectivity index (χ0) is 8.81. The van der Waals surface area contributed by atoms with E-state index in [2.05, 4.69) is 16.8 Å². The molecule has 0 saturated carbocycles. The van der Waals surface area contributed by atoms with Crippen LogP contribution in [-0.4, -0.2) is 16.7 Å². The lowest BCUT2D eigenvalue weighted by Crippen LogP contribution is -1.79. The van der Waals surface area contributed by atoms with E-state index >= 15 is 0 Å². The van der Waals surface area contributed by atoms with Crippen molar-refractivity contribution in [3.63, 3.8) is 0 Å². The highest BCUT2D eigenvalue weighted by molar-refractivity contribution is 6.30. The second-order valence-corrected chi connectivity index (χ2v) is 2.60. The minimum Gasteiger partial charge on any atom is -0.395 e. The van der Waals surface area contributed by atoms with Gasteiger partial charge in [0.15, 0.2) is 0 Å². The van der Waals surface area contributed by atoms with Gasteiger partial charge in [0.2, 0.25) is 0 Å². The van der Waals surface area contributed by atoms with Crippen molar-refractivity contribution < 1.29 is 5.11 Å². The molecule has 0 unspecified atom stereocenters. The number of aliphatic hydroxyl groups excluding tert-OH is 1. The van der Waals surface area contributed by atoms with Crippen LogP contribution in [0.15, 0.2) is 18.5 Å². The molecule has 3 heteroatoms. The van der Waals surface area contributed by atoms with Gasteiger partial charge < -0.3 is 5.11 Å². The molecule has 0 radical (unpaired) electrons. The van der Waals surface area contributed by atoms with E-state index in [1.807, 2.05) is 0 Å². The fourth-order valence-electron chi connectivity index (χ4n) is 0.701. The molecule has 0 atom stereocenters. The number of halogens is 1. The SMILES string of the molecule is OCCC#Cc1cncc(Cl)c1. The Morgan fingerprint density at radius 2 is 2.33 bits per heavy atom. The van der Waals surface area contributed by atoms with E-state index < -0.39 is 0 Å². The van der Waals surface area contributed by atoms with E-state index in [1.165, 1.54) is 0 Å². The zero-order valence-electron chi connectivity index (χ0n) is 6.42. The zero-order valence-corrected chi connectivity index (χ0v) is 7.17. The van der Waals surface area contributed by atoms with E-state index in [1.54, 1.807) is 18.5 Å². The monoisotopic (exact) mass is 181 g/mol. The summed E-state index contributed by atoms with van der Waals surface area (Å²) in [7, 11) is 0. The van der Waals surface area contributed by atoms with Crippen LogP contribution in [-0.2, 0) is 0 Å². The predicted octanol–water partition coefficient (Wildman–Crippen LogP) is 1.47. The van der Waals surface area contributed by atoms with Crippen molar-refractivity contribution in [2.24, 2.45) is 0 Å². The second-order valence-electron chi connectivity index (χ2n) is 2.17. The van der Waals surface area contributed by atoms with E-state index in [0.29, 0.717) is 11.4 Å². The lowest BCUT2D eigenvalue weighted by molar-refractivity contribution is 0.305.